The second-order valence-electron chi connectivity index (χ2n) is 5.37. The van der Waals surface area contributed by atoms with Gasteiger partial charge in [-0.15, -0.1) is 11.3 Å². The molecule has 0 radical (unpaired) electrons. The summed E-state index contributed by atoms with van der Waals surface area (Å²) in [6.45, 7) is 3.78. The normalized spacial score (nSPS) is 10.6. The predicted molar refractivity (Wildman–Crippen MR) is 104 cm³/mol. The number of thiocarbonyl (C=S) groups is 1. The first-order valence-electron chi connectivity index (χ1n) is 7.64. The first-order valence-corrected chi connectivity index (χ1v) is 8.86. The summed E-state index contributed by atoms with van der Waals surface area (Å²) in [5, 5.41) is 7.02. The number of anilines is 1. The van der Waals surface area contributed by atoms with Crippen molar-refractivity contribution in [1.82, 2.24) is 10.3 Å². The monoisotopic (exact) mass is 355 g/mol. The molecule has 3 aromatic rings. The molecule has 1 amide bonds. The Hall–Kier alpha value is -2.31. The lowest BCUT2D eigenvalue weighted by atomic mass is 10.1. The molecule has 2 N–H and O–H groups in total. The number of hydrogen-bond acceptors (Lipinski definition) is 4. The molecule has 0 spiro atoms. The number of nitrogens with one attached hydrogen (secondary N) is 2. The SMILES string of the molecule is CCC(=O)NC(=S)Nc1cc(-c2nc3ccccc3s2)ccc1C. The number of nitrogens with zero attached hydrogens (tertiary/aromatic N) is 1. The Kier molecular flexibility index (Phi) is 4.87. The predicted octanol–water partition coefficient (Wildman–Crippen LogP) is 4.49. The molecule has 2 aromatic carbocycles. The number of carbonyl (C=O) groups excluding carboxylic acids is 1. The number of amides is 1. The van der Waals surface area contributed by atoms with Gasteiger partial charge in [-0.3, -0.25) is 4.79 Å². The number of aromatic nitrogens is 1. The quantitative estimate of drug-likeness (QED) is 0.680. The highest BCUT2D eigenvalue weighted by Gasteiger charge is 2.09. The van der Waals surface area contributed by atoms with E-state index in [1.807, 2.05) is 43.3 Å². The summed E-state index contributed by atoms with van der Waals surface area (Å²) in [5.74, 6) is -0.104. The summed E-state index contributed by atoms with van der Waals surface area (Å²) in [6, 6.07) is 14.2. The van der Waals surface area contributed by atoms with Crippen LogP contribution in [0.4, 0.5) is 5.69 Å². The van der Waals surface area contributed by atoms with E-state index in [4.69, 9.17) is 12.2 Å². The number of rotatable bonds is 3. The van der Waals surface area contributed by atoms with Gasteiger partial charge >= 0.3 is 0 Å². The molecule has 3 rings (SSSR count). The van der Waals surface area contributed by atoms with Crippen molar-refractivity contribution in [2.45, 2.75) is 20.3 Å². The topological polar surface area (TPSA) is 54.0 Å². The Bertz CT molecular complexity index is 885. The Balaban J connectivity index is 1.88. The van der Waals surface area contributed by atoms with Crippen LogP contribution in [0.2, 0.25) is 0 Å². The molecule has 0 saturated carbocycles. The number of fused-ring (bicyclic) bond motifs is 1. The van der Waals surface area contributed by atoms with Crippen molar-refractivity contribution in [3.63, 3.8) is 0 Å². The van der Waals surface area contributed by atoms with E-state index in [0.29, 0.717) is 11.5 Å². The van der Waals surface area contributed by atoms with Crippen LogP contribution in [0.1, 0.15) is 18.9 Å². The molecule has 0 aliphatic carbocycles. The molecule has 1 heterocycles. The summed E-state index contributed by atoms with van der Waals surface area (Å²) < 4.78 is 1.16. The Morgan fingerprint density at radius 2 is 2.04 bits per heavy atom. The molecule has 1 aromatic heterocycles. The van der Waals surface area contributed by atoms with Crippen LogP contribution in [0, 0.1) is 6.92 Å². The fraction of sp³-hybridized carbons (Fsp3) is 0.167. The minimum atomic E-state index is -0.104. The first kappa shape index (κ1) is 16.5. The maximum atomic E-state index is 11.4. The van der Waals surface area contributed by atoms with E-state index >= 15 is 0 Å². The summed E-state index contributed by atoms with van der Waals surface area (Å²) >= 11 is 6.85. The number of benzene rings is 2. The lowest BCUT2D eigenvalue weighted by Crippen LogP contribution is -2.33. The zero-order chi connectivity index (χ0) is 17.1. The third-order valence-electron chi connectivity index (χ3n) is 3.60. The van der Waals surface area contributed by atoms with E-state index in [9.17, 15) is 4.79 Å². The third-order valence-corrected chi connectivity index (χ3v) is 4.89. The number of carbonyl (C=O) groups is 1. The molecular formula is C18H17N3OS2. The highest BCUT2D eigenvalue weighted by atomic mass is 32.1. The number of hydrogen-bond donors (Lipinski definition) is 2. The van der Waals surface area contributed by atoms with Gasteiger partial charge in [-0.25, -0.2) is 4.98 Å². The molecule has 122 valence electrons. The van der Waals surface area contributed by atoms with Crippen LogP contribution in [0.15, 0.2) is 42.5 Å². The van der Waals surface area contributed by atoms with Crippen molar-refractivity contribution in [3.8, 4) is 10.6 Å². The third kappa shape index (κ3) is 3.60. The minimum absolute atomic E-state index is 0.104. The lowest BCUT2D eigenvalue weighted by molar-refractivity contribution is -0.119. The summed E-state index contributed by atoms with van der Waals surface area (Å²) in [7, 11) is 0. The number of thiazole rings is 1. The van der Waals surface area contributed by atoms with Crippen LogP contribution in [0.25, 0.3) is 20.8 Å². The highest BCUT2D eigenvalue weighted by molar-refractivity contribution is 7.80. The zero-order valence-electron chi connectivity index (χ0n) is 13.4. The Labute approximate surface area is 149 Å². The molecular weight excluding hydrogens is 338 g/mol. The maximum absolute atomic E-state index is 11.4. The van der Waals surface area contributed by atoms with Crippen molar-refractivity contribution >= 4 is 50.5 Å². The molecule has 0 saturated heterocycles. The van der Waals surface area contributed by atoms with Gasteiger partial charge in [0.15, 0.2) is 5.11 Å². The van der Waals surface area contributed by atoms with Crippen LogP contribution in [0.3, 0.4) is 0 Å². The standard InChI is InChI=1S/C18H17N3OS2/c1-3-16(22)21-18(23)20-14-10-12(9-8-11(14)2)17-19-13-6-4-5-7-15(13)24-17/h4-10H,3H2,1-2H3,(H2,20,21,22,23). The Morgan fingerprint density at radius 3 is 2.79 bits per heavy atom. The molecule has 0 bridgehead atoms. The molecule has 0 aliphatic rings. The van der Waals surface area contributed by atoms with Gasteiger partial charge in [0.1, 0.15) is 5.01 Å². The molecule has 6 heteroatoms. The minimum Gasteiger partial charge on any atom is -0.332 e. The first-order chi connectivity index (χ1) is 11.6. The zero-order valence-corrected chi connectivity index (χ0v) is 15.1. The van der Waals surface area contributed by atoms with Gasteiger partial charge in [0.25, 0.3) is 0 Å². The largest absolute Gasteiger partial charge is 0.332 e. The molecule has 0 unspecified atom stereocenters. The van der Waals surface area contributed by atoms with Gasteiger partial charge in [-0.2, -0.15) is 0 Å². The van der Waals surface area contributed by atoms with E-state index in [1.165, 1.54) is 0 Å². The van der Waals surface area contributed by atoms with Crippen LogP contribution >= 0.6 is 23.6 Å². The summed E-state index contributed by atoms with van der Waals surface area (Å²) in [5.41, 5.74) is 3.94. The van der Waals surface area contributed by atoms with Gasteiger partial charge in [-0.05, 0) is 42.9 Å². The van der Waals surface area contributed by atoms with E-state index in [0.717, 1.165) is 32.0 Å². The van der Waals surface area contributed by atoms with Gasteiger partial charge in [0.2, 0.25) is 5.91 Å². The number of para-hydroxylation sites is 1. The van der Waals surface area contributed by atoms with E-state index in [2.05, 4.69) is 21.7 Å². The van der Waals surface area contributed by atoms with E-state index < -0.39 is 0 Å². The van der Waals surface area contributed by atoms with Gasteiger partial charge in [-0.1, -0.05) is 31.2 Å². The van der Waals surface area contributed by atoms with E-state index in [1.54, 1.807) is 18.3 Å². The average molecular weight is 355 g/mol. The molecule has 0 aliphatic heterocycles. The Morgan fingerprint density at radius 1 is 1.25 bits per heavy atom. The molecule has 0 atom stereocenters. The average Bonchev–Trinajstić information content (AvgIpc) is 3.00. The van der Waals surface area contributed by atoms with Gasteiger partial charge < -0.3 is 10.6 Å². The van der Waals surface area contributed by atoms with Gasteiger partial charge in [0.05, 0.1) is 10.2 Å². The van der Waals surface area contributed by atoms with Crippen molar-refractivity contribution in [2.24, 2.45) is 0 Å². The second kappa shape index (κ2) is 7.07. The van der Waals surface area contributed by atoms with Crippen molar-refractivity contribution in [3.05, 3.63) is 48.0 Å². The van der Waals surface area contributed by atoms with Crippen molar-refractivity contribution in [1.29, 1.82) is 0 Å². The second-order valence-corrected chi connectivity index (χ2v) is 6.81. The van der Waals surface area contributed by atoms with E-state index in [-0.39, 0.29) is 5.91 Å². The molecule has 0 fully saturated rings. The van der Waals surface area contributed by atoms with Crippen molar-refractivity contribution in [2.75, 3.05) is 5.32 Å². The molecule has 4 nitrogen and oxygen atoms in total. The smallest absolute Gasteiger partial charge is 0.225 e. The molecule has 24 heavy (non-hydrogen) atoms. The summed E-state index contributed by atoms with van der Waals surface area (Å²) in [6.07, 6.45) is 0.395. The fourth-order valence-electron chi connectivity index (χ4n) is 2.25. The maximum Gasteiger partial charge on any atom is 0.225 e. The lowest BCUT2D eigenvalue weighted by Gasteiger charge is -2.12. The fourth-order valence-corrected chi connectivity index (χ4v) is 3.44. The van der Waals surface area contributed by atoms with Gasteiger partial charge in [0, 0.05) is 17.7 Å². The highest BCUT2D eigenvalue weighted by Crippen LogP contribution is 2.32. The van der Waals surface area contributed by atoms with Crippen LogP contribution in [-0.4, -0.2) is 16.0 Å². The van der Waals surface area contributed by atoms with Crippen LogP contribution < -0.4 is 10.6 Å². The number of aryl methyl sites for hydroxylation is 1. The van der Waals surface area contributed by atoms with Crippen LogP contribution in [0.5, 0.6) is 0 Å². The summed E-state index contributed by atoms with van der Waals surface area (Å²) in [4.78, 5) is 16.1. The van der Waals surface area contributed by atoms with Crippen LogP contribution in [-0.2, 0) is 4.79 Å². The van der Waals surface area contributed by atoms with Crippen molar-refractivity contribution < 1.29 is 4.79 Å².